The number of carbonyl (C=O) groups is 3. The Labute approximate surface area is 114 Å². The predicted octanol–water partition coefficient (Wildman–Crippen LogP) is 0.0101. The van der Waals surface area contributed by atoms with E-state index in [1.165, 1.54) is 25.5 Å². The van der Waals surface area contributed by atoms with Crippen LogP contribution in [0.5, 0.6) is 0 Å². The lowest BCUT2D eigenvalue weighted by Gasteiger charge is -2.12. The molecule has 0 bridgehead atoms. The molecular weight excluding hydrogens is 264 g/mol. The second-order valence-electron chi connectivity index (χ2n) is 4.38. The third kappa shape index (κ3) is 4.01. The van der Waals surface area contributed by atoms with Gasteiger partial charge in [0.05, 0.1) is 6.20 Å². The summed E-state index contributed by atoms with van der Waals surface area (Å²) in [5.74, 6) is -1.47. The molecule has 106 valence electrons. The van der Waals surface area contributed by atoms with Gasteiger partial charge in [-0.3, -0.25) is 15.1 Å². The highest BCUT2D eigenvalue weighted by atomic mass is 16.5. The Morgan fingerprint density at radius 2 is 2.10 bits per heavy atom. The smallest absolute Gasteiger partial charge is 0.359 e. The fourth-order valence-corrected chi connectivity index (χ4v) is 1.34. The van der Waals surface area contributed by atoms with Crippen LogP contribution in [0, 0.1) is 0 Å². The van der Waals surface area contributed by atoms with Gasteiger partial charge in [-0.25, -0.2) is 14.6 Å². The molecule has 1 heterocycles. The van der Waals surface area contributed by atoms with Crippen LogP contribution in [-0.2, 0) is 9.53 Å². The van der Waals surface area contributed by atoms with Gasteiger partial charge >= 0.3 is 12.0 Å². The molecule has 1 aliphatic carbocycles. The standard InChI is InChI=1S/C12H14N4O4/c1-7(10(17)16-12(19)15-8-2-3-8)20-11(18)9-6-13-4-5-14-9/h4-8H,2-3H2,1H3,(H2,15,16,17,19). The number of ether oxygens (including phenoxy) is 1. The molecule has 1 fully saturated rings. The van der Waals surface area contributed by atoms with E-state index in [1.807, 2.05) is 0 Å². The van der Waals surface area contributed by atoms with E-state index in [1.54, 1.807) is 0 Å². The summed E-state index contributed by atoms with van der Waals surface area (Å²) in [7, 11) is 0. The number of amides is 3. The summed E-state index contributed by atoms with van der Waals surface area (Å²) < 4.78 is 4.89. The summed E-state index contributed by atoms with van der Waals surface area (Å²) in [6.07, 6.45) is 4.71. The molecule has 2 rings (SSSR count). The van der Waals surface area contributed by atoms with E-state index >= 15 is 0 Å². The Hall–Kier alpha value is -2.51. The minimum atomic E-state index is -1.10. The molecule has 1 saturated carbocycles. The maximum Gasteiger partial charge on any atom is 0.359 e. The maximum absolute atomic E-state index is 11.6. The van der Waals surface area contributed by atoms with Gasteiger partial charge in [0.2, 0.25) is 0 Å². The number of nitrogens with zero attached hydrogens (tertiary/aromatic N) is 2. The first-order valence-corrected chi connectivity index (χ1v) is 6.14. The van der Waals surface area contributed by atoms with Crippen molar-refractivity contribution in [3.05, 3.63) is 24.3 Å². The highest BCUT2D eigenvalue weighted by Gasteiger charge is 2.26. The van der Waals surface area contributed by atoms with Crippen LogP contribution in [-0.4, -0.2) is 40.0 Å². The summed E-state index contributed by atoms with van der Waals surface area (Å²) in [4.78, 5) is 42.1. The Bertz CT molecular complexity index is 515. The third-order valence-corrected chi connectivity index (χ3v) is 2.57. The lowest BCUT2D eigenvalue weighted by Crippen LogP contribution is -2.45. The van der Waals surface area contributed by atoms with Crippen molar-refractivity contribution in [3.63, 3.8) is 0 Å². The SMILES string of the molecule is CC(OC(=O)c1cnccn1)C(=O)NC(=O)NC1CC1. The normalized spacial score (nSPS) is 15.1. The monoisotopic (exact) mass is 278 g/mol. The van der Waals surface area contributed by atoms with Crippen molar-refractivity contribution in [3.8, 4) is 0 Å². The molecule has 0 aliphatic heterocycles. The number of hydrogen-bond acceptors (Lipinski definition) is 6. The van der Waals surface area contributed by atoms with E-state index < -0.39 is 24.0 Å². The summed E-state index contributed by atoms with van der Waals surface area (Å²) in [5.41, 5.74) is -0.00502. The lowest BCUT2D eigenvalue weighted by molar-refractivity contribution is -0.127. The summed E-state index contributed by atoms with van der Waals surface area (Å²) >= 11 is 0. The molecule has 20 heavy (non-hydrogen) atoms. The van der Waals surface area contributed by atoms with Gasteiger partial charge in [0.15, 0.2) is 11.8 Å². The first-order valence-electron chi connectivity index (χ1n) is 6.14. The number of aromatic nitrogens is 2. The van der Waals surface area contributed by atoms with E-state index in [0.717, 1.165) is 12.8 Å². The van der Waals surface area contributed by atoms with Crippen LogP contribution in [0.3, 0.4) is 0 Å². The molecule has 1 unspecified atom stereocenters. The van der Waals surface area contributed by atoms with Crippen molar-refractivity contribution in [2.75, 3.05) is 0 Å². The summed E-state index contributed by atoms with van der Waals surface area (Å²) in [5, 5.41) is 4.70. The van der Waals surface area contributed by atoms with Crippen LogP contribution in [0.1, 0.15) is 30.3 Å². The Balaban J connectivity index is 1.81. The van der Waals surface area contributed by atoms with Gasteiger partial charge in [-0.05, 0) is 19.8 Å². The summed E-state index contributed by atoms with van der Waals surface area (Å²) in [6.45, 7) is 1.37. The zero-order valence-electron chi connectivity index (χ0n) is 10.8. The van der Waals surface area contributed by atoms with Crippen LogP contribution in [0.4, 0.5) is 4.79 Å². The zero-order chi connectivity index (χ0) is 14.5. The average Bonchev–Trinajstić information content (AvgIpc) is 3.23. The number of carbonyl (C=O) groups excluding carboxylic acids is 3. The molecule has 1 aromatic heterocycles. The van der Waals surface area contributed by atoms with Gasteiger partial charge in [0.1, 0.15) is 0 Å². The van der Waals surface area contributed by atoms with Gasteiger partial charge in [-0.1, -0.05) is 0 Å². The number of rotatable bonds is 4. The molecule has 0 saturated heterocycles. The lowest BCUT2D eigenvalue weighted by atomic mass is 10.3. The number of imide groups is 1. The van der Waals surface area contributed by atoms with Crippen molar-refractivity contribution >= 4 is 17.9 Å². The number of hydrogen-bond donors (Lipinski definition) is 2. The minimum Gasteiger partial charge on any atom is -0.448 e. The van der Waals surface area contributed by atoms with E-state index in [-0.39, 0.29) is 11.7 Å². The van der Waals surface area contributed by atoms with Crippen molar-refractivity contribution in [1.29, 1.82) is 0 Å². The van der Waals surface area contributed by atoms with Gasteiger partial charge in [0, 0.05) is 18.4 Å². The van der Waals surface area contributed by atoms with Crippen LogP contribution in [0.15, 0.2) is 18.6 Å². The molecule has 1 aromatic rings. The Morgan fingerprint density at radius 1 is 1.35 bits per heavy atom. The number of nitrogens with one attached hydrogen (secondary N) is 2. The number of esters is 1. The predicted molar refractivity (Wildman–Crippen MR) is 66.6 cm³/mol. The maximum atomic E-state index is 11.6. The molecule has 0 aromatic carbocycles. The van der Waals surface area contributed by atoms with Crippen molar-refractivity contribution in [2.24, 2.45) is 0 Å². The topological polar surface area (TPSA) is 110 Å². The second kappa shape index (κ2) is 6.09. The third-order valence-electron chi connectivity index (χ3n) is 2.57. The highest BCUT2D eigenvalue weighted by molar-refractivity contribution is 5.98. The first-order chi connectivity index (χ1) is 9.56. The van der Waals surface area contributed by atoms with Gasteiger partial charge in [-0.2, -0.15) is 0 Å². The van der Waals surface area contributed by atoms with Crippen molar-refractivity contribution in [1.82, 2.24) is 20.6 Å². The molecular formula is C12H14N4O4. The van der Waals surface area contributed by atoms with E-state index in [4.69, 9.17) is 4.74 Å². The fraction of sp³-hybridized carbons (Fsp3) is 0.417. The zero-order valence-corrected chi connectivity index (χ0v) is 10.8. The second-order valence-corrected chi connectivity index (χ2v) is 4.38. The quantitative estimate of drug-likeness (QED) is 0.751. The van der Waals surface area contributed by atoms with Gasteiger partial charge in [-0.15, -0.1) is 0 Å². The molecule has 8 heteroatoms. The Kier molecular flexibility index (Phi) is 4.24. The first kappa shape index (κ1) is 13.9. The van der Waals surface area contributed by atoms with Crippen LogP contribution < -0.4 is 10.6 Å². The van der Waals surface area contributed by atoms with Crippen LogP contribution in [0.2, 0.25) is 0 Å². The molecule has 0 radical (unpaired) electrons. The van der Waals surface area contributed by atoms with E-state index in [0.29, 0.717) is 0 Å². The van der Waals surface area contributed by atoms with E-state index in [9.17, 15) is 14.4 Å². The van der Waals surface area contributed by atoms with Crippen LogP contribution in [0.25, 0.3) is 0 Å². The average molecular weight is 278 g/mol. The largest absolute Gasteiger partial charge is 0.448 e. The van der Waals surface area contributed by atoms with Gasteiger partial charge < -0.3 is 10.1 Å². The van der Waals surface area contributed by atoms with E-state index in [2.05, 4.69) is 20.6 Å². The molecule has 1 aliphatic rings. The van der Waals surface area contributed by atoms with Crippen molar-refractivity contribution < 1.29 is 19.1 Å². The van der Waals surface area contributed by atoms with Crippen LogP contribution >= 0.6 is 0 Å². The Morgan fingerprint density at radius 3 is 2.70 bits per heavy atom. The highest BCUT2D eigenvalue weighted by Crippen LogP contribution is 2.18. The fourth-order valence-electron chi connectivity index (χ4n) is 1.34. The summed E-state index contributed by atoms with van der Waals surface area (Å²) in [6, 6.07) is -0.444. The molecule has 2 N–H and O–H groups in total. The molecule has 1 atom stereocenters. The molecule has 3 amide bonds. The molecule has 8 nitrogen and oxygen atoms in total. The molecule has 0 spiro atoms. The minimum absolute atomic E-state index is 0.00502. The number of urea groups is 1. The van der Waals surface area contributed by atoms with Gasteiger partial charge in [0.25, 0.3) is 5.91 Å². The van der Waals surface area contributed by atoms with Crippen molar-refractivity contribution in [2.45, 2.75) is 31.9 Å².